The molecule has 0 bridgehead atoms. The normalized spacial score (nSPS) is 19.8. The second-order valence-corrected chi connectivity index (χ2v) is 5.00. The maximum atomic E-state index is 11.8. The third kappa shape index (κ3) is 2.47. The molecule has 3 rings (SSSR count). The Kier molecular flexibility index (Phi) is 2.81. The molecule has 0 atom stereocenters. The van der Waals surface area contributed by atoms with Crippen LogP contribution in [-0.4, -0.2) is 23.8 Å². The van der Waals surface area contributed by atoms with E-state index in [1.165, 1.54) is 5.56 Å². The van der Waals surface area contributed by atoms with Crippen molar-refractivity contribution in [3.05, 3.63) is 47.5 Å². The number of carbonyl (C=O) groups excluding carboxylic acids is 1. The summed E-state index contributed by atoms with van der Waals surface area (Å²) in [5, 5.41) is 0. The first kappa shape index (κ1) is 10.7. The first-order valence-corrected chi connectivity index (χ1v) is 6.33. The molecule has 1 aromatic carbocycles. The molecule has 0 aromatic heterocycles. The summed E-state index contributed by atoms with van der Waals surface area (Å²) in [4.78, 5) is 14.2. The van der Waals surface area contributed by atoms with Crippen molar-refractivity contribution in [1.82, 2.24) is 4.90 Å². The van der Waals surface area contributed by atoms with Crippen LogP contribution in [0, 0.1) is 5.92 Å². The second kappa shape index (κ2) is 4.46. The van der Waals surface area contributed by atoms with Gasteiger partial charge in [-0.15, -0.1) is 0 Å². The number of carbonyl (C=O) groups is 1. The van der Waals surface area contributed by atoms with Crippen molar-refractivity contribution in [2.24, 2.45) is 5.92 Å². The van der Waals surface area contributed by atoms with Crippen molar-refractivity contribution in [3.63, 3.8) is 0 Å². The van der Waals surface area contributed by atoms with Crippen molar-refractivity contribution in [2.45, 2.75) is 19.4 Å². The molecule has 1 heterocycles. The summed E-state index contributed by atoms with van der Waals surface area (Å²) in [7, 11) is 0. The van der Waals surface area contributed by atoms with E-state index in [0.29, 0.717) is 11.7 Å². The van der Waals surface area contributed by atoms with Crippen molar-refractivity contribution in [2.75, 3.05) is 13.1 Å². The third-order valence-electron chi connectivity index (χ3n) is 3.49. The van der Waals surface area contributed by atoms with E-state index in [-0.39, 0.29) is 0 Å². The predicted molar refractivity (Wildman–Crippen MR) is 67.9 cm³/mol. The zero-order valence-corrected chi connectivity index (χ0v) is 9.93. The van der Waals surface area contributed by atoms with E-state index >= 15 is 0 Å². The van der Waals surface area contributed by atoms with Gasteiger partial charge >= 0.3 is 0 Å². The van der Waals surface area contributed by atoms with Crippen LogP contribution in [0.3, 0.4) is 0 Å². The maximum Gasteiger partial charge on any atom is 0.165 e. The highest BCUT2D eigenvalue weighted by Gasteiger charge is 2.30. The highest BCUT2D eigenvalue weighted by Crippen LogP contribution is 2.32. The molecule has 1 fully saturated rings. The Labute approximate surface area is 102 Å². The van der Waals surface area contributed by atoms with Gasteiger partial charge in [0.1, 0.15) is 0 Å². The maximum absolute atomic E-state index is 11.8. The van der Waals surface area contributed by atoms with Gasteiger partial charge < -0.3 is 0 Å². The summed E-state index contributed by atoms with van der Waals surface area (Å²) >= 11 is 0. The summed E-state index contributed by atoms with van der Waals surface area (Å²) in [5.74, 6) is 0.656. The average Bonchev–Trinajstić information content (AvgIpc) is 3.09. The summed E-state index contributed by atoms with van der Waals surface area (Å²) in [6.07, 6.45) is 6.57. The molecule has 1 aromatic rings. The van der Waals surface area contributed by atoms with Gasteiger partial charge in [-0.25, -0.2) is 0 Å². The zero-order chi connectivity index (χ0) is 11.7. The van der Waals surface area contributed by atoms with Crippen LogP contribution in [0.2, 0.25) is 0 Å². The molecule has 2 nitrogen and oxygen atoms in total. The predicted octanol–water partition coefficient (Wildman–Crippen LogP) is 2.65. The van der Waals surface area contributed by atoms with Crippen molar-refractivity contribution in [1.29, 1.82) is 0 Å². The van der Waals surface area contributed by atoms with E-state index in [1.807, 2.05) is 12.1 Å². The van der Waals surface area contributed by atoms with Gasteiger partial charge in [-0.3, -0.25) is 9.69 Å². The molecule has 0 saturated heterocycles. The SMILES string of the molecule is O=C(c1ccc(CN2CC=CC2)cc1)C1CC1. The van der Waals surface area contributed by atoms with Crippen LogP contribution in [0.5, 0.6) is 0 Å². The molecule has 1 aliphatic heterocycles. The lowest BCUT2D eigenvalue weighted by molar-refractivity contribution is 0.0967. The quantitative estimate of drug-likeness (QED) is 0.582. The van der Waals surface area contributed by atoms with Crippen LogP contribution >= 0.6 is 0 Å². The zero-order valence-electron chi connectivity index (χ0n) is 9.93. The molecule has 0 amide bonds. The molecular formula is C15H17NO. The molecule has 0 radical (unpaired) electrons. The number of ketones is 1. The molecule has 17 heavy (non-hydrogen) atoms. The first-order chi connectivity index (χ1) is 8.33. The molecule has 0 N–H and O–H groups in total. The standard InChI is InChI=1S/C15H17NO/c17-15(14-7-8-14)13-5-3-12(4-6-13)11-16-9-1-2-10-16/h1-6,14H,7-11H2. The fourth-order valence-corrected chi connectivity index (χ4v) is 2.26. The monoisotopic (exact) mass is 227 g/mol. The Hall–Kier alpha value is -1.41. The van der Waals surface area contributed by atoms with Crippen LogP contribution in [0.25, 0.3) is 0 Å². The van der Waals surface area contributed by atoms with Crippen LogP contribution in [-0.2, 0) is 6.54 Å². The number of hydrogen-bond donors (Lipinski definition) is 0. The minimum Gasteiger partial charge on any atom is -0.294 e. The Morgan fingerprint density at radius 3 is 2.35 bits per heavy atom. The summed E-state index contributed by atoms with van der Waals surface area (Å²) < 4.78 is 0. The van der Waals surface area contributed by atoms with Crippen molar-refractivity contribution in [3.8, 4) is 0 Å². The average molecular weight is 227 g/mol. The van der Waals surface area contributed by atoms with Gasteiger partial charge in [-0.05, 0) is 18.4 Å². The van der Waals surface area contributed by atoms with Crippen LogP contribution in [0.1, 0.15) is 28.8 Å². The highest BCUT2D eigenvalue weighted by molar-refractivity contribution is 5.99. The number of nitrogens with zero attached hydrogens (tertiary/aromatic N) is 1. The number of Topliss-reactive ketones (excluding diaryl/α,β-unsaturated/α-hetero) is 1. The fraction of sp³-hybridized carbons (Fsp3) is 0.400. The molecule has 1 saturated carbocycles. The van der Waals surface area contributed by atoms with E-state index in [4.69, 9.17) is 0 Å². The number of benzene rings is 1. The van der Waals surface area contributed by atoms with Gasteiger partial charge in [-0.2, -0.15) is 0 Å². The summed E-state index contributed by atoms with van der Waals surface area (Å²) in [6.45, 7) is 3.07. The minimum absolute atomic E-state index is 0.323. The van der Waals surface area contributed by atoms with Gasteiger partial charge in [0.25, 0.3) is 0 Å². The molecule has 88 valence electrons. The van der Waals surface area contributed by atoms with Gasteiger partial charge in [0.05, 0.1) is 0 Å². The topological polar surface area (TPSA) is 20.3 Å². The molecule has 0 spiro atoms. The Morgan fingerprint density at radius 1 is 1.12 bits per heavy atom. The molecule has 0 unspecified atom stereocenters. The molecule has 2 aliphatic rings. The lowest BCUT2D eigenvalue weighted by Crippen LogP contribution is -2.19. The van der Waals surface area contributed by atoms with Crippen molar-refractivity contribution < 1.29 is 4.79 Å². The second-order valence-electron chi connectivity index (χ2n) is 5.00. The van der Waals surface area contributed by atoms with Gasteiger partial charge in [0, 0.05) is 31.1 Å². The smallest absolute Gasteiger partial charge is 0.165 e. The van der Waals surface area contributed by atoms with E-state index < -0.39 is 0 Å². The summed E-state index contributed by atoms with van der Waals surface area (Å²) in [5.41, 5.74) is 2.18. The lowest BCUT2D eigenvalue weighted by atomic mass is 10.1. The van der Waals surface area contributed by atoms with Gasteiger partial charge in [0.15, 0.2) is 5.78 Å². The number of rotatable bonds is 4. The van der Waals surface area contributed by atoms with E-state index in [0.717, 1.165) is 38.0 Å². The highest BCUT2D eigenvalue weighted by atomic mass is 16.1. The largest absolute Gasteiger partial charge is 0.294 e. The van der Waals surface area contributed by atoms with Gasteiger partial charge in [-0.1, -0.05) is 36.4 Å². The van der Waals surface area contributed by atoms with E-state index in [1.54, 1.807) is 0 Å². The summed E-state index contributed by atoms with van der Waals surface area (Å²) in [6, 6.07) is 8.15. The molecular weight excluding hydrogens is 210 g/mol. The minimum atomic E-state index is 0.323. The van der Waals surface area contributed by atoms with E-state index in [9.17, 15) is 4.79 Å². The van der Waals surface area contributed by atoms with Crippen LogP contribution in [0.4, 0.5) is 0 Å². The molecule has 1 aliphatic carbocycles. The third-order valence-corrected chi connectivity index (χ3v) is 3.49. The molecule has 2 heteroatoms. The lowest BCUT2D eigenvalue weighted by Gasteiger charge is -2.14. The Balaban J connectivity index is 1.64. The fourth-order valence-electron chi connectivity index (χ4n) is 2.26. The van der Waals surface area contributed by atoms with Crippen molar-refractivity contribution >= 4 is 5.78 Å². The van der Waals surface area contributed by atoms with Gasteiger partial charge in [0.2, 0.25) is 0 Å². The number of hydrogen-bond acceptors (Lipinski definition) is 2. The first-order valence-electron chi connectivity index (χ1n) is 6.33. The van der Waals surface area contributed by atoms with Crippen LogP contribution in [0.15, 0.2) is 36.4 Å². The Morgan fingerprint density at radius 2 is 1.76 bits per heavy atom. The van der Waals surface area contributed by atoms with E-state index in [2.05, 4.69) is 29.2 Å². The van der Waals surface area contributed by atoms with Crippen LogP contribution < -0.4 is 0 Å². The Bertz CT molecular complexity index is 434.